The molecule has 2 atom stereocenters. The van der Waals surface area contributed by atoms with Crippen LogP contribution in [0.25, 0.3) is 0 Å². The number of nitrogens with one attached hydrogen (secondary N) is 1. The molecule has 0 radical (unpaired) electrons. The summed E-state index contributed by atoms with van der Waals surface area (Å²) in [6.07, 6.45) is 2.00. The van der Waals surface area contributed by atoms with Crippen LogP contribution in [0.4, 0.5) is 0 Å². The molecule has 0 spiro atoms. The van der Waals surface area contributed by atoms with Gasteiger partial charge >= 0.3 is 0 Å². The summed E-state index contributed by atoms with van der Waals surface area (Å²) in [4.78, 5) is 25.4. The Hall–Kier alpha value is -1.84. The van der Waals surface area contributed by atoms with Gasteiger partial charge in [0.1, 0.15) is 11.5 Å². The average Bonchev–Trinajstić information content (AvgIpc) is 2.83. The summed E-state index contributed by atoms with van der Waals surface area (Å²) in [6, 6.07) is 7.66. The normalized spacial score (nSPS) is 31.2. The lowest BCUT2D eigenvalue weighted by atomic mass is 9.64. The number of fused-ring (bicyclic) bond motifs is 2. The van der Waals surface area contributed by atoms with Gasteiger partial charge in [0.25, 0.3) is 0 Å². The molecular formula is C19H25NO3. The van der Waals surface area contributed by atoms with E-state index in [1.807, 2.05) is 31.2 Å². The van der Waals surface area contributed by atoms with Gasteiger partial charge in [0.2, 0.25) is 5.91 Å². The predicted octanol–water partition coefficient (Wildman–Crippen LogP) is 3.10. The van der Waals surface area contributed by atoms with Crippen molar-refractivity contribution in [1.82, 2.24) is 5.32 Å². The van der Waals surface area contributed by atoms with E-state index in [2.05, 4.69) is 19.2 Å². The van der Waals surface area contributed by atoms with Crippen LogP contribution in [0.2, 0.25) is 0 Å². The van der Waals surface area contributed by atoms with Gasteiger partial charge in [0.05, 0.1) is 12.5 Å². The molecule has 1 aromatic carbocycles. The van der Waals surface area contributed by atoms with Crippen LogP contribution in [0, 0.1) is 16.2 Å². The van der Waals surface area contributed by atoms with E-state index in [-0.39, 0.29) is 22.5 Å². The zero-order valence-electron chi connectivity index (χ0n) is 14.4. The van der Waals surface area contributed by atoms with Crippen LogP contribution in [0.15, 0.2) is 24.3 Å². The Balaban J connectivity index is 1.74. The lowest BCUT2D eigenvalue weighted by Gasteiger charge is -2.38. The molecule has 0 aromatic heterocycles. The average molecular weight is 315 g/mol. The van der Waals surface area contributed by atoms with E-state index >= 15 is 0 Å². The van der Waals surface area contributed by atoms with Gasteiger partial charge in [-0.2, -0.15) is 0 Å². The molecule has 0 aliphatic heterocycles. The van der Waals surface area contributed by atoms with Gasteiger partial charge in [-0.25, -0.2) is 0 Å². The minimum atomic E-state index is -0.550. The fourth-order valence-electron chi connectivity index (χ4n) is 4.46. The molecule has 2 aliphatic carbocycles. The third kappa shape index (κ3) is 2.03. The molecule has 3 rings (SSSR count). The van der Waals surface area contributed by atoms with Crippen molar-refractivity contribution < 1.29 is 14.3 Å². The summed E-state index contributed by atoms with van der Waals surface area (Å²) in [7, 11) is 1.63. The monoisotopic (exact) mass is 315 g/mol. The smallest absolute Gasteiger partial charge is 0.227 e. The Morgan fingerprint density at radius 2 is 1.83 bits per heavy atom. The Morgan fingerprint density at radius 3 is 2.30 bits per heavy atom. The largest absolute Gasteiger partial charge is 0.497 e. The van der Waals surface area contributed by atoms with E-state index in [0.717, 1.165) is 24.2 Å². The number of methoxy groups -OCH3 is 1. The molecular weight excluding hydrogens is 290 g/mol. The van der Waals surface area contributed by atoms with Crippen LogP contribution in [0.5, 0.6) is 5.75 Å². The number of hydrogen-bond donors (Lipinski definition) is 1. The van der Waals surface area contributed by atoms with Crippen molar-refractivity contribution in [2.24, 2.45) is 16.2 Å². The number of hydrogen-bond acceptors (Lipinski definition) is 3. The number of rotatable bonds is 4. The highest BCUT2D eigenvalue weighted by molar-refractivity contribution is 5.99. The molecule has 2 fully saturated rings. The maximum Gasteiger partial charge on any atom is 0.227 e. The summed E-state index contributed by atoms with van der Waals surface area (Å²) in [6.45, 7) is 6.67. The van der Waals surface area contributed by atoms with Crippen LogP contribution in [0.3, 0.4) is 0 Å². The molecule has 0 saturated heterocycles. The van der Waals surface area contributed by atoms with Crippen molar-refractivity contribution >= 4 is 11.7 Å². The number of carbonyl (C=O) groups is 2. The first-order chi connectivity index (χ1) is 10.8. The minimum Gasteiger partial charge on any atom is -0.497 e. The van der Waals surface area contributed by atoms with Crippen molar-refractivity contribution in [3.8, 4) is 5.75 Å². The van der Waals surface area contributed by atoms with E-state index in [0.29, 0.717) is 13.0 Å². The maximum absolute atomic E-state index is 12.9. The van der Waals surface area contributed by atoms with Gasteiger partial charge in [-0.05, 0) is 36.0 Å². The number of benzene rings is 1. The molecule has 2 bridgehead atoms. The Kier molecular flexibility index (Phi) is 3.54. The van der Waals surface area contributed by atoms with E-state index < -0.39 is 5.41 Å². The molecule has 1 aromatic rings. The molecule has 4 heteroatoms. The summed E-state index contributed by atoms with van der Waals surface area (Å²) >= 11 is 0. The second-order valence-electron chi connectivity index (χ2n) is 7.67. The Labute approximate surface area is 137 Å². The summed E-state index contributed by atoms with van der Waals surface area (Å²) in [5, 5.41) is 3.06. The molecule has 23 heavy (non-hydrogen) atoms. The highest BCUT2D eigenvalue weighted by Crippen LogP contribution is 2.70. The summed E-state index contributed by atoms with van der Waals surface area (Å²) < 4.78 is 5.14. The van der Waals surface area contributed by atoms with E-state index in [1.54, 1.807) is 7.11 Å². The molecule has 2 aliphatic rings. The molecule has 0 heterocycles. The third-order valence-corrected chi connectivity index (χ3v) is 6.75. The van der Waals surface area contributed by atoms with Crippen LogP contribution in [-0.4, -0.2) is 18.8 Å². The second-order valence-corrected chi connectivity index (χ2v) is 7.67. The van der Waals surface area contributed by atoms with Crippen molar-refractivity contribution in [3.63, 3.8) is 0 Å². The highest BCUT2D eigenvalue weighted by Gasteiger charge is 2.72. The fraction of sp³-hybridized carbons (Fsp3) is 0.579. The Morgan fingerprint density at radius 1 is 1.17 bits per heavy atom. The molecule has 1 amide bonds. The molecule has 1 N–H and O–H groups in total. The highest BCUT2D eigenvalue weighted by atomic mass is 16.5. The number of Topliss-reactive ketones (excluding diaryl/α,β-unsaturated/α-hetero) is 1. The van der Waals surface area contributed by atoms with E-state index in [4.69, 9.17) is 4.74 Å². The zero-order valence-corrected chi connectivity index (χ0v) is 14.4. The number of ether oxygens (including phenoxy) is 1. The minimum absolute atomic E-state index is 0.0212. The van der Waals surface area contributed by atoms with Gasteiger partial charge in [0, 0.05) is 18.4 Å². The molecule has 2 saturated carbocycles. The van der Waals surface area contributed by atoms with Gasteiger partial charge in [-0.15, -0.1) is 0 Å². The lowest BCUT2D eigenvalue weighted by molar-refractivity contribution is -0.136. The van der Waals surface area contributed by atoms with Crippen molar-refractivity contribution in [2.45, 2.75) is 46.6 Å². The quantitative estimate of drug-likeness (QED) is 0.929. The molecule has 124 valence electrons. The van der Waals surface area contributed by atoms with Crippen molar-refractivity contribution in [2.75, 3.05) is 7.11 Å². The van der Waals surface area contributed by atoms with Crippen LogP contribution < -0.4 is 10.1 Å². The van der Waals surface area contributed by atoms with Gasteiger partial charge in [0.15, 0.2) is 0 Å². The van der Waals surface area contributed by atoms with Gasteiger partial charge < -0.3 is 10.1 Å². The SMILES string of the molecule is COc1ccc(CNC(=O)C23CCC(C)(C(=O)C2)C3(C)C)cc1. The third-order valence-electron chi connectivity index (χ3n) is 6.75. The topological polar surface area (TPSA) is 55.4 Å². The number of ketones is 1. The number of amides is 1. The molecule has 2 unspecified atom stereocenters. The van der Waals surface area contributed by atoms with Crippen LogP contribution in [-0.2, 0) is 16.1 Å². The molecule has 4 nitrogen and oxygen atoms in total. The first-order valence-electron chi connectivity index (χ1n) is 8.21. The van der Waals surface area contributed by atoms with E-state index in [1.165, 1.54) is 0 Å². The number of carbonyl (C=O) groups excluding carboxylic acids is 2. The van der Waals surface area contributed by atoms with Crippen molar-refractivity contribution in [1.29, 1.82) is 0 Å². The first-order valence-corrected chi connectivity index (χ1v) is 8.21. The van der Waals surface area contributed by atoms with Gasteiger partial charge in [-0.3, -0.25) is 9.59 Å². The summed E-state index contributed by atoms with van der Waals surface area (Å²) in [5.41, 5.74) is -0.171. The first kappa shape index (κ1) is 16.0. The van der Waals surface area contributed by atoms with Crippen LogP contribution in [0.1, 0.15) is 45.6 Å². The zero-order chi connectivity index (χ0) is 16.9. The van der Waals surface area contributed by atoms with Gasteiger partial charge in [-0.1, -0.05) is 32.9 Å². The standard InChI is InChI=1S/C19H25NO3/c1-17(2)18(3)9-10-19(17,11-15(18)21)16(22)20-12-13-5-7-14(23-4)8-6-13/h5-8H,9-12H2,1-4H3,(H,20,22). The van der Waals surface area contributed by atoms with Crippen LogP contribution >= 0.6 is 0 Å². The maximum atomic E-state index is 12.9. The predicted molar refractivity (Wildman–Crippen MR) is 88.0 cm³/mol. The van der Waals surface area contributed by atoms with Crippen molar-refractivity contribution in [3.05, 3.63) is 29.8 Å². The summed E-state index contributed by atoms with van der Waals surface area (Å²) in [5.74, 6) is 1.06. The lowest BCUT2D eigenvalue weighted by Crippen LogP contribution is -2.46. The second kappa shape index (κ2) is 5.08. The Bertz CT molecular complexity index is 649. The van der Waals surface area contributed by atoms with E-state index in [9.17, 15) is 9.59 Å². The fourth-order valence-corrected chi connectivity index (χ4v) is 4.46.